The molecule has 2 atom stereocenters. The van der Waals surface area contributed by atoms with Crippen molar-refractivity contribution in [3.05, 3.63) is 96.2 Å². The van der Waals surface area contributed by atoms with Crippen LogP contribution in [0, 0.1) is 17.2 Å². The molecule has 2 N–H and O–H groups in total. The van der Waals surface area contributed by atoms with Gasteiger partial charge in [0.05, 0.1) is 6.07 Å². The highest BCUT2D eigenvalue weighted by molar-refractivity contribution is 5.95. The van der Waals surface area contributed by atoms with E-state index in [4.69, 9.17) is 10.00 Å². The normalized spacial score (nSPS) is 12.9. The van der Waals surface area contributed by atoms with Crippen LogP contribution in [-0.2, 0) is 9.53 Å². The number of fused-ring (bicyclic) bond motifs is 1. The van der Waals surface area contributed by atoms with Crippen molar-refractivity contribution in [3.63, 3.8) is 0 Å². The van der Waals surface area contributed by atoms with Gasteiger partial charge in [-0.05, 0) is 46.7 Å². The monoisotopic (exact) mass is 451 g/mol. The maximum absolute atomic E-state index is 12.8. The van der Waals surface area contributed by atoms with Crippen LogP contribution < -0.4 is 5.32 Å². The summed E-state index contributed by atoms with van der Waals surface area (Å²) in [5.41, 5.74) is 5.33. The van der Waals surface area contributed by atoms with E-state index in [1.54, 1.807) is 0 Å². The zero-order valence-corrected chi connectivity index (χ0v) is 19.5. The fourth-order valence-corrected chi connectivity index (χ4v) is 4.21. The third-order valence-corrected chi connectivity index (χ3v) is 5.84. The van der Waals surface area contributed by atoms with Gasteiger partial charge in [0, 0.05) is 17.1 Å². The lowest BCUT2D eigenvalue weighted by molar-refractivity contribution is -0.136. The van der Waals surface area contributed by atoms with Gasteiger partial charge >= 0.3 is 0 Å². The first-order valence-corrected chi connectivity index (χ1v) is 11.6. The summed E-state index contributed by atoms with van der Waals surface area (Å²) in [6.45, 7) is 4.08. The quantitative estimate of drug-likeness (QED) is 0.307. The Labute approximate surface area is 200 Å². The van der Waals surface area contributed by atoms with E-state index < -0.39 is 12.2 Å². The van der Waals surface area contributed by atoms with E-state index in [1.807, 2.05) is 48.7 Å². The van der Waals surface area contributed by atoms with Crippen molar-refractivity contribution < 1.29 is 9.53 Å². The first-order chi connectivity index (χ1) is 16.6. The SMILES string of the molecule is CC(C)C[C@H](OC(c1ccccc1)c1ccc(-c2cccc3[nH]ccc23)cc1)C(=O)NCC#N. The van der Waals surface area contributed by atoms with Gasteiger partial charge < -0.3 is 15.0 Å². The van der Waals surface area contributed by atoms with E-state index in [0.717, 1.165) is 27.8 Å². The van der Waals surface area contributed by atoms with Gasteiger partial charge in [-0.25, -0.2) is 0 Å². The molecule has 0 spiro atoms. The molecular weight excluding hydrogens is 422 g/mol. The fraction of sp³-hybridized carbons (Fsp3) is 0.241. The molecule has 0 saturated heterocycles. The Morgan fingerprint density at radius 3 is 2.41 bits per heavy atom. The molecule has 0 aliphatic carbocycles. The van der Waals surface area contributed by atoms with Crippen LogP contribution in [0.5, 0.6) is 0 Å². The molecule has 1 amide bonds. The lowest BCUT2D eigenvalue weighted by Crippen LogP contribution is -2.38. The largest absolute Gasteiger partial charge is 0.361 e. The second kappa shape index (κ2) is 10.8. The van der Waals surface area contributed by atoms with E-state index in [-0.39, 0.29) is 18.4 Å². The fourth-order valence-electron chi connectivity index (χ4n) is 4.21. The Kier molecular flexibility index (Phi) is 7.41. The number of nitrogens with zero attached hydrogens (tertiary/aromatic N) is 1. The van der Waals surface area contributed by atoms with Crippen LogP contribution >= 0.6 is 0 Å². The first-order valence-electron chi connectivity index (χ1n) is 11.6. The number of aromatic amines is 1. The predicted molar refractivity (Wildman–Crippen MR) is 135 cm³/mol. The van der Waals surface area contributed by atoms with Gasteiger partial charge in [-0.1, -0.05) is 80.6 Å². The summed E-state index contributed by atoms with van der Waals surface area (Å²) in [6, 6.07) is 28.6. The number of benzene rings is 3. The highest BCUT2D eigenvalue weighted by Gasteiger charge is 2.26. The van der Waals surface area contributed by atoms with E-state index in [1.165, 1.54) is 5.39 Å². The highest BCUT2D eigenvalue weighted by Crippen LogP contribution is 2.33. The Balaban J connectivity index is 1.66. The number of amides is 1. The minimum atomic E-state index is -0.660. The molecule has 5 heteroatoms. The highest BCUT2D eigenvalue weighted by atomic mass is 16.5. The van der Waals surface area contributed by atoms with Gasteiger partial charge in [0.1, 0.15) is 18.8 Å². The Bertz CT molecular complexity index is 1270. The topological polar surface area (TPSA) is 77.9 Å². The number of nitriles is 1. The molecule has 4 aromatic rings. The maximum Gasteiger partial charge on any atom is 0.250 e. The number of H-pyrrole nitrogens is 1. The summed E-state index contributed by atoms with van der Waals surface area (Å²) in [4.78, 5) is 16.0. The standard InChI is InChI=1S/C29H29N3O2/c1-20(2)19-27(29(33)32-18-16-30)34-28(22-7-4-3-5-8-22)23-13-11-21(12-14-23)24-9-6-10-26-25(24)15-17-31-26/h3-15,17,20,27-28,31H,18-19H2,1-2H3,(H,32,33)/t27-,28?/m0/s1. The van der Waals surface area contributed by atoms with Gasteiger partial charge in [0.2, 0.25) is 5.91 Å². The molecule has 3 aromatic carbocycles. The van der Waals surface area contributed by atoms with Gasteiger partial charge in [-0.15, -0.1) is 0 Å². The third-order valence-electron chi connectivity index (χ3n) is 5.84. The van der Waals surface area contributed by atoms with E-state index in [9.17, 15) is 4.79 Å². The number of aromatic nitrogens is 1. The molecule has 1 aromatic heterocycles. The third kappa shape index (κ3) is 5.36. The molecule has 0 bridgehead atoms. The summed E-state index contributed by atoms with van der Waals surface area (Å²) in [7, 11) is 0. The lowest BCUT2D eigenvalue weighted by atomic mass is 9.96. The van der Waals surface area contributed by atoms with Crippen molar-refractivity contribution in [1.29, 1.82) is 5.26 Å². The summed E-state index contributed by atoms with van der Waals surface area (Å²) < 4.78 is 6.47. The van der Waals surface area contributed by atoms with Gasteiger partial charge in [0.25, 0.3) is 0 Å². The van der Waals surface area contributed by atoms with Crippen LogP contribution in [0.4, 0.5) is 0 Å². The van der Waals surface area contributed by atoms with Gasteiger partial charge in [0.15, 0.2) is 0 Å². The van der Waals surface area contributed by atoms with Crippen molar-refractivity contribution in [2.45, 2.75) is 32.5 Å². The zero-order chi connectivity index (χ0) is 23.9. The number of hydrogen-bond acceptors (Lipinski definition) is 3. The second-order valence-electron chi connectivity index (χ2n) is 8.79. The Morgan fingerprint density at radius 1 is 0.971 bits per heavy atom. The summed E-state index contributed by atoms with van der Waals surface area (Å²) in [5, 5.41) is 12.7. The van der Waals surface area contributed by atoms with Gasteiger partial charge in [-0.3, -0.25) is 4.79 Å². The van der Waals surface area contributed by atoms with Crippen LogP contribution in [0.3, 0.4) is 0 Å². The minimum Gasteiger partial charge on any atom is -0.361 e. The van der Waals surface area contributed by atoms with Crippen LogP contribution in [-0.4, -0.2) is 23.5 Å². The van der Waals surface area contributed by atoms with Crippen molar-refractivity contribution >= 4 is 16.8 Å². The molecule has 0 fully saturated rings. The average molecular weight is 452 g/mol. The number of nitrogens with one attached hydrogen (secondary N) is 2. The van der Waals surface area contributed by atoms with Crippen molar-refractivity contribution in [2.24, 2.45) is 5.92 Å². The minimum absolute atomic E-state index is 0.0355. The molecule has 1 unspecified atom stereocenters. The van der Waals surface area contributed by atoms with Crippen molar-refractivity contribution in [1.82, 2.24) is 10.3 Å². The molecule has 4 rings (SSSR count). The summed E-state index contributed by atoms with van der Waals surface area (Å²) in [5.74, 6) is 0.00501. The molecular formula is C29H29N3O2. The number of carbonyl (C=O) groups is 1. The predicted octanol–water partition coefficient (Wildman–Crippen LogP) is 6.00. The second-order valence-corrected chi connectivity index (χ2v) is 8.79. The molecule has 0 aliphatic heterocycles. The maximum atomic E-state index is 12.8. The van der Waals surface area contributed by atoms with Crippen LogP contribution in [0.1, 0.15) is 37.5 Å². The molecule has 34 heavy (non-hydrogen) atoms. The van der Waals surface area contributed by atoms with Gasteiger partial charge in [-0.2, -0.15) is 5.26 Å². The molecule has 1 heterocycles. The van der Waals surface area contributed by atoms with E-state index >= 15 is 0 Å². The van der Waals surface area contributed by atoms with Crippen LogP contribution in [0.15, 0.2) is 85.1 Å². The zero-order valence-electron chi connectivity index (χ0n) is 19.5. The molecule has 0 saturated carbocycles. The van der Waals surface area contributed by atoms with E-state index in [2.05, 4.69) is 66.6 Å². The van der Waals surface area contributed by atoms with Crippen molar-refractivity contribution in [3.8, 4) is 17.2 Å². The summed E-state index contributed by atoms with van der Waals surface area (Å²) >= 11 is 0. The van der Waals surface area contributed by atoms with E-state index in [0.29, 0.717) is 6.42 Å². The molecule has 0 radical (unpaired) electrons. The molecule has 172 valence electrons. The lowest BCUT2D eigenvalue weighted by Gasteiger charge is -2.26. The number of rotatable bonds is 9. The average Bonchev–Trinajstić information content (AvgIpc) is 3.35. The Morgan fingerprint density at radius 2 is 1.71 bits per heavy atom. The molecule has 5 nitrogen and oxygen atoms in total. The van der Waals surface area contributed by atoms with Crippen molar-refractivity contribution in [2.75, 3.05) is 6.54 Å². The van der Waals surface area contributed by atoms with Crippen LogP contribution in [0.2, 0.25) is 0 Å². The van der Waals surface area contributed by atoms with Crippen LogP contribution in [0.25, 0.3) is 22.0 Å². The molecule has 0 aliphatic rings. The number of ether oxygens (including phenoxy) is 1. The summed E-state index contributed by atoms with van der Waals surface area (Å²) in [6.07, 6.45) is 1.45. The number of hydrogen-bond donors (Lipinski definition) is 2. The Hall–Kier alpha value is -3.88. The number of carbonyl (C=O) groups excluding carboxylic acids is 1. The smallest absolute Gasteiger partial charge is 0.250 e. The first kappa shape index (κ1) is 23.3.